The summed E-state index contributed by atoms with van der Waals surface area (Å²) >= 11 is 5.75. The highest BCUT2D eigenvalue weighted by Crippen LogP contribution is 2.18. The fourth-order valence-corrected chi connectivity index (χ4v) is 1.33. The maximum atomic E-state index is 9.92. The summed E-state index contributed by atoms with van der Waals surface area (Å²) in [6.45, 7) is 0. The van der Waals surface area contributed by atoms with Crippen LogP contribution in [0.1, 0.15) is 11.7 Å². The Morgan fingerprint density at radius 2 is 2.07 bits per heavy atom. The molecule has 4 heteroatoms. The molecule has 15 heavy (non-hydrogen) atoms. The van der Waals surface area contributed by atoms with Gasteiger partial charge >= 0.3 is 0 Å². The van der Waals surface area contributed by atoms with Gasteiger partial charge in [-0.25, -0.2) is 0 Å². The highest BCUT2D eigenvalue weighted by Gasteiger charge is 2.11. The number of hydrogen-bond acceptors (Lipinski definition) is 3. The summed E-state index contributed by atoms with van der Waals surface area (Å²) in [5, 5.41) is 10.6. The molecule has 0 aliphatic heterocycles. The van der Waals surface area contributed by atoms with Crippen LogP contribution in [0.5, 0.6) is 0 Å². The largest absolute Gasteiger partial charge is 0.405 e. The van der Waals surface area contributed by atoms with Crippen molar-refractivity contribution in [3.8, 4) is 0 Å². The van der Waals surface area contributed by atoms with E-state index in [2.05, 4.69) is 4.99 Å². The Hall–Kier alpha value is -1.32. The zero-order chi connectivity index (χ0) is 11.3. The van der Waals surface area contributed by atoms with E-state index < -0.39 is 6.10 Å². The summed E-state index contributed by atoms with van der Waals surface area (Å²) < 4.78 is 0. The maximum absolute atomic E-state index is 9.92. The van der Waals surface area contributed by atoms with Crippen molar-refractivity contribution in [3.63, 3.8) is 0 Å². The third kappa shape index (κ3) is 3.08. The first kappa shape index (κ1) is 11.8. The van der Waals surface area contributed by atoms with Crippen LogP contribution in [0.2, 0.25) is 5.02 Å². The quantitative estimate of drug-likeness (QED) is 0.771. The lowest BCUT2D eigenvalue weighted by atomic mass is 10.1. The molecule has 0 spiro atoms. The molecular formula is C11H13ClN2O. The predicted octanol–water partition coefficient (Wildman–Crippen LogP) is 1.92. The minimum Gasteiger partial charge on any atom is -0.405 e. The van der Waals surface area contributed by atoms with E-state index in [0.29, 0.717) is 10.7 Å². The molecule has 0 bridgehead atoms. The molecule has 0 aliphatic rings. The van der Waals surface area contributed by atoms with Crippen molar-refractivity contribution in [1.82, 2.24) is 0 Å². The number of benzene rings is 1. The number of nitrogens with zero attached hydrogens (tertiary/aromatic N) is 1. The Labute approximate surface area is 93.9 Å². The van der Waals surface area contributed by atoms with Crippen LogP contribution >= 0.6 is 11.6 Å². The van der Waals surface area contributed by atoms with Gasteiger partial charge in [-0.2, -0.15) is 0 Å². The molecule has 1 aromatic rings. The molecule has 0 aliphatic carbocycles. The van der Waals surface area contributed by atoms with Crippen LogP contribution in [0.3, 0.4) is 0 Å². The molecule has 0 fully saturated rings. The van der Waals surface area contributed by atoms with Crippen LogP contribution < -0.4 is 5.73 Å². The summed E-state index contributed by atoms with van der Waals surface area (Å²) in [4.78, 5) is 3.94. The molecule has 0 saturated heterocycles. The zero-order valence-corrected chi connectivity index (χ0v) is 9.15. The van der Waals surface area contributed by atoms with Gasteiger partial charge in [-0.15, -0.1) is 0 Å². The number of aliphatic hydroxyl groups excluding tert-OH is 1. The van der Waals surface area contributed by atoms with E-state index in [-0.39, 0.29) is 0 Å². The van der Waals surface area contributed by atoms with Crippen molar-refractivity contribution in [2.45, 2.75) is 6.10 Å². The predicted molar refractivity (Wildman–Crippen MR) is 63.1 cm³/mol. The van der Waals surface area contributed by atoms with Crippen molar-refractivity contribution in [2.24, 2.45) is 10.7 Å². The van der Waals surface area contributed by atoms with Gasteiger partial charge in [-0.05, 0) is 30.0 Å². The van der Waals surface area contributed by atoms with Crippen LogP contribution in [0.25, 0.3) is 0 Å². The molecule has 0 radical (unpaired) electrons. The van der Waals surface area contributed by atoms with Crippen LogP contribution in [-0.2, 0) is 0 Å². The van der Waals surface area contributed by atoms with Crippen molar-refractivity contribution in [1.29, 1.82) is 0 Å². The Morgan fingerprint density at radius 3 is 2.53 bits per heavy atom. The highest BCUT2D eigenvalue weighted by atomic mass is 35.5. The second-order valence-electron chi connectivity index (χ2n) is 2.96. The van der Waals surface area contributed by atoms with Crippen LogP contribution in [0.4, 0.5) is 0 Å². The van der Waals surface area contributed by atoms with E-state index in [1.54, 1.807) is 37.4 Å². The van der Waals surface area contributed by atoms with E-state index in [4.69, 9.17) is 17.3 Å². The van der Waals surface area contributed by atoms with Crippen molar-refractivity contribution in [2.75, 3.05) is 7.05 Å². The Kier molecular flexibility index (Phi) is 4.34. The van der Waals surface area contributed by atoms with Gasteiger partial charge in [-0.3, -0.25) is 4.99 Å². The summed E-state index contributed by atoms with van der Waals surface area (Å²) in [5.74, 6) is 0. The van der Waals surface area contributed by atoms with Gasteiger partial charge in [0.15, 0.2) is 0 Å². The van der Waals surface area contributed by atoms with Gasteiger partial charge in [0.25, 0.3) is 0 Å². The lowest BCUT2D eigenvalue weighted by molar-refractivity contribution is 0.248. The number of halogens is 1. The Balaban J connectivity index is 2.93. The van der Waals surface area contributed by atoms with Gasteiger partial charge in [0.2, 0.25) is 0 Å². The standard InChI is InChI=1S/C11H13ClN2O/c1-14-10(6-7-13)11(15)8-2-4-9(12)5-3-8/h2-7,11,15H,13H2,1H3. The molecule has 1 rings (SSSR count). The average Bonchev–Trinajstić information content (AvgIpc) is 2.26. The summed E-state index contributed by atoms with van der Waals surface area (Å²) in [6, 6.07) is 6.95. The monoisotopic (exact) mass is 224 g/mol. The first-order valence-electron chi connectivity index (χ1n) is 4.47. The Bertz CT molecular complexity index is 371. The number of hydrogen-bond donors (Lipinski definition) is 2. The fraction of sp³-hybridized carbons (Fsp3) is 0.182. The van der Waals surface area contributed by atoms with Gasteiger partial charge < -0.3 is 10.8 Å². The lowest BCUT2D eigenvalue weighted by Gasteiger charge is -2.10. The maximum Gasteiger partial charge on any atom is 0.121 e. The normalized spacial score (nSPS) is 14.5. The minimum atomic E-state index is -0.771. The number of aliphatic hydroxyl groups is 1. The average molecular weight is 225 g/mol. The van der Waals surface area contributed by atoms with E-state index in [9.17, 15) is 5.11 Å². The molecule has 3 nitrogen and oxygen atoms in total. The van der Waals surface area contributed by atoms with Crippen molar-refractivity contribution < 1.29 is 5.11 Å². The van der Waals surface area contributed by atoms with Crippen molar-refractivity contribution >= 4 is 17.3 Å². The molecule has 0 aromatic heterocycles. The van der Waals surface area contributed by atoms with Gasteiger partial charge in [0.1, 0.15) is 6.10 Å². The van der Waals surface area contributed by atoms with Crippen LogP contribution in [-0.4, -0.2) is 17.9 Å². The van der Waals surface area contributed by atoms with E-state index >= 15 is 0 Å². The first-order chi connectivity index (χ1) is 7.19. The molecular weight excluding hydrogens is 212 g/mol. The SMILES string of the molecule is CN=C(C=CN)C(O)c1ccc(Cl)cc1. The van der Waals surface area contributed by atoms with Gasteiger partial charge in [0.05, 0.1) is 5.71 Å². The van der Waals surface area contributed by atoms with E-state index in [0.717, 1.165) is 5.56 Å². The van der Waals surface area contributed by atoms with Gasteiger partial charge in [-0.1, -0.05) is 23.7 Å². The number of nitrogens with two attached hydrogens (primary N) is 1. The molecule has 1 aromatic carbocycles. The Morgan fingerprint density at radius 1 is 1.47 bits per heavy atom. The molecule has 80 valence electrons. The van der Waals surface area contributed by atoms with Gasteiger partial charge in [0, 0.05) is 12.1 Å². The summed E-state index contributed by atoms with van der Waals surface area (Å²) in [6.07, 6.45) is 2.15. The number of rotatable bonds is 3. The molecule has 1 unspecified atom stereocenters. The van der Waals surface area contributed by atoms with E-state index in [1.807, 2.05) is 0 Å². The fourth-order valence-electron chi connectivity index (χ4n) is 1.20. The smallest absolute Gasteiger partial charge is 0.121 e. The topological polar surface area (TPSA) is 58.6 Å². The number of aliphatic imine (C=N–C) groups is 1. The highest BCUT2D eigenvalue weighted by molar-refractivity contribution is 6.30. The van der Waals surface area contributed by atoms with Crippen LogP contribution in [0, 0.1) is 0 Å². The lowest BCUT2D eigenvalue weighted by Crippen LogP contribution is -2.10. The molecule has 3 N–H and O–H groups in total. The molecule has 0 heterocycles. The summed E-state index contributed by atoms with van der Waals surface area (Å²) in [7, 11) is 1.61. The molecule has 0 saturated carbocycles. The third-order valence-electron chi connectivity index (χ3n) is 1.99. The first-order valence-corrected chi connectivity index (χ1v) is 4.85. The van der Waals surface area contributed by atoms with E-state index in [1.165, 1.54) is 6.20 Å². The second-order valence-corrected chi connectivity index (χ2v) is 3.40. The minimum absolute atomic E-state index is 0.514. The van der Waals surface area contributed by atoms with Crippen LogP contribution in [0.15, 0.2) is 41.5 Å². The zero-order valence-electron chi connectivity index (χ0n) is 8.39. The third-order valence-corrected chi connectivity index (χ3v) is 2.24. The summed E-state index contributed by atoms with van der Waals surface area (Å²) in [5.41, 5.74) is 6.50. The molecule has 1 atom stereocenters. The second kappa shape index (κ2) is 5.53. The molecule has 0 amide bonds. The van der Waals surface area contributed by atoms with Crippen molar-refractivity contribution in [3.05, 3.63) is 47.1 Å².